The summed E-state index contributed by atoms with van der Waals surface area (Å²) >= 11 is 0. The van der Waals surface area contributed by atoms with Crippen molar-refractivity contribution in [1.29, 1.82) is 5.41 Å². The summed E-state index contributed by atoms with van der Waals surface area (Å²) < 4.78 is 35.0. The number of nitro groups is 1. The van der Waals surface area contributed by atoms with Crippen LogP contribution in [0.2, 0.25) is 0 Å². The quantitative estimate of drug-likeness (QED) is 0.224. The topological polar surface area (TPSA) is 98.4 Å². The van der Waals surface area contributed by atoms with Crippen molar-refractivity contribution < 1.29 is 18.4 Å². The highest BCUT2D eigenvalue weighted by atomic mass is 19.1. The van der Waals surface area contributed by atoms with Gasteiger partial charge in [-0.25, -0.2) is 18.6 Å². The van der Waals surface area contributed by atoms with Gasteiger partial charge < -0.3 is 4.74 Å². The van der Waals surface area contributed by atoms with Gasteiger partial charge in [-0.15, -0.1) is 0 Å². The maximum absolute atomic E-state index is 14.5. The second kappa shape index (κ2) is 7.90. The van der Waals surface area contributed by atoms with Gasteiger partial charge in [0.05, 0.1) is 22.7 Å². The summed E-state index contributed by atoms with van der Waals surface area (Å²) in [5, 5.41) is 20.3. The summed E-state index contributed by atoms with van der Waals surface area (Å²) in [5.41, 5.74) is 1.20. The molecule has 0 bridgehead atoms. The van der Waals surface area contributed by atoms with Crippen LogP contribution < -0.4 is 10.2 Å². The highest BCUT2D eigenvalue weighted by Gasteiger charge is 2.33. The second-order valence-electron chi connectivity index (χ2n) is 7.50. The van der Waals surface area contributed by atoms with E-state index < -0.39 is 22.5 Å². The van der Waals surface area contributed by atoms with Gasteiger partial charge in [0.2, 0.25) is 5.88 Å². The largest absolute Gasteiger partial charge is 0.440 e. The van der Waals surface area contributed by atoms with Crippen LogP contribution >= 0.6 is 0 Å². The summed E-state index contributed by atoms with van der Waals surface area (Å²) in [6.45, 7) is 7.27. The Morgan fingerprint density at radius 1 is 1.15 bits per heavy atom. The maximum atomic E-state index is 14.5. The lowest BCUT2D eigenvalue weighted by atomic mass is 9.83. The predicted octanol–water partition coefficient (Wildman–Crippen LogP) is 5.37. The standard InChI is InChI=1S/C24H13F2N5O3/c1-28-15-6-7-17-20(11-15)34-24-22(21(17)13-3-2-4-16(9-13)31(32)33)23(27)30(12-29-24)19-8-5-14(25)10-18(19)26/h2-12,21,27H. The van der Waals surface area contributed by atoms with Crippen LogP contribution in [0.15, 0.2) is 67.0 Å². The van der Waals surface area contributed by atoms with Crippen LogP contribution in [0, 0.1) is 33.7 Å². The molecular weight excluding hydrogens is 444 g/mol. The lowest BCUT2D eigenvalue weighted by Crippen LogP contribution is -2.29. The molecule has 10 heteroatoms. The first kappa shape index (κ1) is 21.0. The molecule has 1 aliphatic heterocycles. The van der Waals surface area contributed by atoms with Crippen LogP contribution in [0.4, 0.5) is 20.2 Å². The molecule has 166 valence electrons. The van der Waals surface area contributed by atoms with Gasteiger partial charge in [-0.05, 0) is 23.8 Å². The number of ether oxygens (including phenoxy) is 1. The zero-order valence-corrected chi connectivity index (χ0v) is 17.2. The van der Waals surface area contributed by atoms with Gasteiger partial charge in [0, 0.05) is 29.7 Å². The van der Waals surface area contributed by atoms with E-state index in [1.54, 1.807) is 18.2 Å². The monoisotopic (exact) mass is 457 g/mol. The molecule has 0 radical (unpaired) electrons. The molecule has 0 spiro atoms. The van der Waals surface area contributed by atoms with E-state index in [4.69, 9.17) is 16.7 Å². The summed E-state index contributed by atoms with van der Waals surface area (Å²) in [6, 6.07) is 13.7. The van der Waals surface area contributed by atoms with Gasteiger partial charge in [-0.2, -0.15) is 0 Å². The van der Waals surface area contributed by atoms with Crippen LogP contribution in [-0.2, 0) is 0 Å². The highest BCUT2D eigenvalue weighted by Crippen LogP contribution is 2.46. The second-order valence-corrected chi connectivity index (χ2v) is 7.50. The molecular formula is C24H13F2N5O3. The average molecular weight is 457 g/mol. The third-order valence-corrected chi connectivity index (χ3v) is 5.53. The molecule has 0 amide bonds. The molecule has 5 rings (SSSR count). The molecule has 1 N–H and O–H groups in total. The SMILES string of the molecule is [C-]#[N+]c1ccc2c(c1)Oc1ncn(-c3ccc(F)cc3F)c(=N)c1C2c1cccc([N+](=O)[O-])c1. The fourth-order valence-corrected chi connectivity index (χ4v) is 4.01. The molecule has 0 saturated heterocycles. The number of nitrogens with one attached hydrogen (secondary N) is 1. The minimum absolute atomic E-state index is 0.0508. The lowest BCUT2D eigenvalue weighted by Gasteiger charge is -2.28. The maximum Gasteiger partial charge on any atom is 0.269 e. The Morgan fingerprint density at radius 2 is 1.97 bits per heavy atom. The first-order chi connectivity index (χ1) is 16.4. The average Bonchev–Trinajstić information content (AvgIpc) is 2.83. The van der Waals surface area contributed by atoms with Crippen molar-refractivity contribution in [2.24, 2.45) is 0 Å². The Balaban J connectivity index is 1.79. The fraction of sp³-hybridized carbons (Fsp3) is 0.0417. The van der Waals surface area contributed by atoms with Crippen molar-refractivity contribution in [3.05, 3.63) is 122 Å². The van der Waals surface area contributed by atoms with Crippen molar-refractivity contribution in [3.63, 3.8) is 0 Å². The van der Waals surface area contributed by atoms with E-state index in [0.29, 0.717) is 28.6 Å². The van der Waals surface area contributed by atoms with Gasteiger partial charge in [0.15, 0.2) is 5.69 Å². The van der Waals surface area contributed by atoms with Gasteiger partial charge >= 0.3 is 0 Å². The number of fused-ring (bicyclic) bond motifs is 2. The Morgan fingerprint density at radius 3 is 2.71 bits per heavy atom. The minimum atomic E-state index is -0.883. The zero-order chi connectivity index (χ0) is 24.0. The number of rotatable bonds is 3. The number of benzene rings is 3. The van der Waals surface area contributed by atoms with E-state index >= 15 is 0 Å². The number of non-ortho nitro benzene ring substituents is 1. The Labute approximate surface area is 190 Å². The van der Waals surface area contributed by atoms with E-state index in [2.05, 4.69) is 9.83 Å². The van der Waals surface area contributed by atoms with Crippen LogP contribution in [0.5, 0.6) is 11.6 Å². The smallest absolute Gasteiger partial charge is 0.269 e. The molecule has 1 unspecified atom stereocenters. The molecule has 3 aromatic carbocycles. The fourth-order valence-electron chi connectivity index (χ4n) is 4.01. The van der Waals surface area contributed by atoms with Crippen molar-refractivity contribution in [1.82, 2.24) is 9.55 Å². The number of aromatic nitrogens is 2. The number of hydrogen-bond donors (Lipinski definition) is 1. The molecule has 1 aromatic heterocycles. The molecule has 34 heavy (non-hydrogen) atoms. The third-order valence-electron chi connectivity index (χ3n) is 5.53. The first-order valence-corrected chi connectivity index (χ1v) is 9.92. The van der Waals surface area contributed by atoms with E-state index in [1.807, 2.05) is 0 Å². The van der Waals surface area contributed by atoms with Crippen molar-refractivity contribution in [2.45, 2.75) is 5.92 Å². The van der Waals surface area contributed by atoms with Crippen LogP contribution in [0.1, 0.15) is 22.6 Å². The van der Waals surface area contributed by atoms with Crippen LogP contribution in [0.3, 0.4) is 0 Å². The van der Waals surface area contributed by atoms with Crippen LogP contribution in [-0.4, -0.2) is 14.5 Å². The van der Waals surface area contributed by atoms with Crippen molar-refractivity contribution in [3.8, 4) is 17.3 Å². The molecule has 0 aliphatic carbocycles. The Bertz CT molecular complexity index is 1590. The summed E-state index contributed by atoms with van der Waals surface area (Å²) in [6.07, 6.45) is 1.19. The van der Waals surface area contributed by atoms with Gasteiger partial charge in [0.1, 0.15) is 29.2 Å². The summed E-state index contributed by atoms with van der Waals surface area (Å²) in [4.78, 5) is 18.5. The highest BCUT2D eigenvalue weighted by molar-refractivity contribution is 5.62. The minimum Gasteiger partial charge on any atom is -0.440 e. The van der Waals surface area contributed by atoms with E-state index in [-0.39, 0.29) is 28.3 Å². The number of nitro benzene ring substituents is 1. The zero-order valence-electron chi connectivity index (χ0n) is 17.2. The van der Waals surface area contributed by atoms with Gasteiger partial charge in [-0.1, -0.05) is 24.3 Å². The van der Waals surface area contributed by atoms with Crippen molar-refractivity contribution in [2.75, 3.05) is 0 Å². The van der Waals surface area contributed by atoms with Gasteiger partial charge in [-0.3, -0.25) is 20.1 Å². The number of nitrogens with zero attached hydrogens (tertiary/aromatic N) is 4. The van der Waals surface area contributed by atoms with E-state index in [1.165, 1.54) is 36.7 Å². The number of hydrogen-bond acceptors (Lipinski definition) is 5. The molecule has 0 fully saturated rings. The Kier molecular flexibility index (Phi) is 4.87. The van der Waals surface area contributed by atoms with E-state index in [0.717, 1.165) is 10.6 Å². The lowest BCUT2D eigenvalue weighted by molar-refractivity contribution is -0.384. The molecule has 8 nitrogen and oxygen atoms in total. The normalized spacial score (nSPS) is 13.9. The third kappa shape index (κ3) is 3.36. The molecule has 1 atom stereocenters. The molecule has 4 aromatic rings. The van der Waals surface area contributed by atoms with Crippen molar-refractivity contribution >= 4 is 11.4 Å². The number of halogens is 2. The first-order valence-electron chi connectivity index (χ1n) is 9.92. The van der Waals surface area contributed by atoms with E-state index in [9.17, 15) is 18.9 Å². The van der Waals surface area contributed by atoms with Gasteiger partial charge in [0.25, 0.3) is 5.69 Å². The molecule has 1 aliphatic rings. The Hall–Kier alpha value is -4.91. The molecule has 2 heterocycles. The molecule has 0 saturated carbocycles. The predicted molar refractivity (Wildman–Crippen MR) is 116 cm³/mol. The summed E-state index contributed by atoms with van der Waals surface area (Å²) in [7, 11) is 0. The summed E-state index contributed by atoms with van der Waals surface area (Å²) in [5.74, 6) is -1.99. The van der Waals surface area contributed by atoms with Crippen LogP contribution in [0.25, 0.3) is 10.5 Å².